The van der Waals surface area contributed by atoms with Crippen LogP contribution < -0.4 is 10.6 Å². The predicted octanol–water partition coefficient (Wildman–Crippen LogP) is 5.41. The molecule has 0 fully saturated rings. The van der Waals surface area contributed by atoms with Crippen molar-refractivity contribution in [1.29, 1.82) is 0 Å². The minimum atomic E-state index is -0.427. The van der Waals surface area contributed by atoms with Crippen LogP contribution in [0.1, 0.15) is 61.5 Å². The number of fused-ring (bicyclic) bond motifs is 1. The van der Waals surface area contributed by atoms with Gasteiger partial charge in [-0.25, -0.2) is 9.18 Å². The molecule has 2 aromatic heterocycles. The van der Waals surface area contributed by atoms with Gasteiger partial charge >= 0.3 is 5.97 Å². The number of rotatable bonds is 10. The van der Waals surface area contributed by atoms with E-state index in [-0.39, 0.29) is 30.7 Å². The molecule has 218 valence electrons. The molecule has 42 heavy (non-hydrogen) atoms. The molecule has 1 aliphatic rings. The van der Waals surface area contributed by atoms with Crippen molar-refractivity contribution in [2.45, 2.75) is 51.7 Å². The standard InChI is InChI=1S/C30H30FN5O4S2/c1-4-40-29(39)26-22-6-5-7-23(22)42-28(26)33-25(37)16-41-30-35-34-24(36(30)21-12-10-20(31)11-13-21)15-32-27(38)19-9-8-17(2)18(3)14-19/h8-14H,4-7,15-16H2,1-3H3,(H,32,38)(H,33,37). The molecule has 0 aliphatic heterocycles. The summed E-state index contributed by atoms with van der Waals surface area (Å²) in [7, 11) is 0. The highest BCUT2D eigenvalue weighted by Crippen LogP contribution is 2.39. The summed E-state index contributed by atoms with van der Waals surface area (Å²) in [4.78, 5) is 39.6. The zero-order valence-corrected chi connectivity index (χ0v) is 25.1. The number of carbonyl (C=O) groups is 3. The molecule has 2 amide bonds. The van der Waals surface area contributed by atoms with E-state index >= 15 is 0 Å². The molecule has 1 aliphatic carbocycles. The van der Waals surface area contributed by atoms with Crippen LogP contribution in [0.25, 0.3) is 5.69 Å². The van der Waals surface area contributed by atoms with Gasteiger partial charge in [0.25, 0.3) is 5.91 Å². The van der Waals surface area contributed by atoms with Gasteiger partial charge in [0.2, 0.25) is 5.91 Å². The Hall–Kier alpha value is -4.03. The molecule has 0 radical (unpaired) electrons. The normalized spacial score (nSPS) is 12.2. The molecule has 0 unspecified atom stereocenters. The van der Waals surface area contributed by atoms with Gasteiger partial charge in [-0.05, 0) is 93.1 Å². The smallest absolute Gasteiger partial charge is 0.341 e. The van der Waals surface area contributed by atoms with Crippen molar-refractivity contribution in [3.05, 3.63) is 86.8 Å². The fraction of sp³-hybridized carbons (Fsp3) is 0.300. The Kier molecular flexibility index (Phi) is 9.03. The number of nitrogens with zero attached hydrogens (tertiary/aromatic N) is 3. The predicted molar refractivity (Wildman–Crippen MR) is 160 cm³/mol. The first-order valence-corrected chi connectivity index (χ1v) is 15.3. The zero-order chi connectivity index (χ0) is 29.8. The number of thioether (sulfide) groups is 1. The number of amides is 2. The van der Waals surface area contributed by atoms with E-state index in [0.717, 1.165) is 52.6 Å². The van der Waals surface area contributed by atoms with Crippen LogP contribution in [0.5, 0.6) is 0 Å². The quantitative estimate of drug-likeness (QED) is 0.183. The van der Waals surface area contributed by atoms with Crippen molar-refractivity contribution in [3.63, 3.8) is 0 Å². The summed E-state index contributed by atoms with van der Waals surface area (Å²) in [6.07, 6.45) is 2.64. The number of hydrogen-bond donors (Lipinski definition) is 2. The summed E-state index contributed by atoms with van der Waals surface area (Å²) in [5.41, 5.74) is 4.62. The summed E-state index contributed by atoms with van der Waals surface area (Å²) in [5.74, 6) is -1.00. The Labute approximate surface area is 250 Å². The number of hydrogen-bond acceptors (Lipinski definition) is 8. The van der Waals surface area contributed by atoms with Gasteiger partial charge in [-0.1, -0.05) is 17.8 Å². The second-order valence-electron chi connectivity index (χ2n) is 9.81. The van der Waals surface area contributed by atoms with Crippen LogP contribution in [-0.2, 0) is 28.9 Å². The number of halogens is 1. The lowest BCUT2D eigenvalue weighted by molar-refractivity contribution is -0.113. The van der Waals surface area contributed by atoms with E-state index in [0.29, 0.717) is 32.8 Å². The molecule has 4 aromatic rings. The number of anilines is 1. The van der Waals surface area contributed by atoms with Crippen LogP contribution in [0.2, 0.25) is 0 Å². The number of esters is 1. The lowest BCUT2D eigenvalue weighted by Gasteiger charge is -2.12. The fourth-order valence-electron chi connectivity index (χ4n) is 4.71. The van der Waals surface area contributed by atoms with Gasteiger partial charge in [-0.2, -0.15) is 0 Å². The molecule has 0 saturated heterocycles. The van der Waals surface area contributed by atoms with E-state index in [1.807, 2.05) is 26.0 Å². The van der Waals surface area contributed by atoms with Crippen LogP contribution in [0.15, 0.2) is 47.6 Å². The van der Waals surface area contributed by atoms with Gasteiger partial charge in [-0.3, -0.25) is 14.2 Å². The first kappa shape index (κ1) is 29.5. The molecular weight excluding hydrogens is 577 g/mol. The molecule has 0 saturated carbocycles. The number of aryl methyl sites for hydroxylation is 3. The van der Waals surface area contributed by atoms with Gasteiger partial charge in [-0.15, -0.1) is 21.5 Å². The Balaban J connectivity index is 1.32. The Bertz CT molecular complexity index is 1650. The van der Waals surface area contributed by atoms with Gasteiger partial charge in [0.15, 0.2) is 11.0 Å². The molecular formula is C30H30FN5O4S2. The maximum Gasteiger partial charge on any atom is 0.341 e. The molecule has 12 heteroatoms. The van der Waals surface area contributed by atoms with E-state index in [9.17, 15) is 18.8 Å². The summed E-state index contributed by atoms with van der Waals surface area (Å²) >= 11 is 2.56. The van der Waals surface area contributed by atoms with E-state index in [2.05, 4.69) is 20.8 Å². The van der Waals surface area contributed by atoms with Gasteiger partial charge < -0.3 is 15.4 Å². The minimum absolute atomic E-state index is 0.0147. The maximum absolute atomic E-state index is 13.7. The third-order valence-corrected chi connectivity index (χ3v) is 9.08. The van der Waals surface area contributed by atoms with E-state index in [1.165, 1.54) is 23.5 Å². The topological polar surface area (TPSA) is 115 Å². The molecule has 5 rings (SSSR count). The van der Waals surface area contributed by atoms with Crippen LogP contribution >= 0.6 is 23.1 Å². The number of nitrogens with one attached hydrogen (secondary N) is 2. The Morgan fingerprint density at radius 2 is 1.86 bits per heavy atom. The highest BCUT2D eigenvalue weighted by molar-refractivity contribution is 7.99. The van der Waals surface area contributed by atoms with Gasteiger partial charge in [0.05, 0.1) is 24.5 Å². The molecule has 0 spiro atoms. The van der Waals surface area contributed by atoms with E-state index < -0.39 is 11.8 Å². The molecule has 0 bridgehead atoms. The van der Waals surface area contributed by atoms with E-state index in [1.54, 1.807) is 29.7 Å². The second-order valence-corrected chi connectivity index (χ2v) is 11.9. The van der Waals surface area contributed by atoms with Crippen LogP contribution in [-0.4, -0.2) is 44.9 Å². The second kappa shape index (κ2) is 12.9. The number of ether oxygens (including phenoxy) is 1. The maximum atomic E-state index is 13.7. The van der Waals surface area contributed by atoms with Crippen molar-refractivity contribution in [1.82, 2.24) is 20.1 Å². The summed E-state index contributed by atoms with van der Waals surface area (Å²) in [6.45, 7) is 5.99. The van der Waals surface area contributed by atoms with Crippen molar-refractivity contribution in [2.24, 2.45) is 0 Å². The minimum Gasteiger partial charge on any atom is -0.462 e. The third kappa shape index (κ3) is 6.39. The summed E-state index contributed by atoms with van der Waals surface area (Å²) in [6, 6.07) is 11.3. The number of thiophene rings is 1. The average Bonchev–Trinajstić information content (AvgIpc) is 3.67. The Morgan fingerprint density at radius 1 is 1.07 bits per heavy atom. The van der Waals surface area contributed by atoms with Gasteiger partial charge in [0, 0.05) is 16.1 Å². The lowest BCUT2D eigenvalue weighted by Crippen LogP contribution is -2.24. The van der Waals surface area contributed by atoms with Crippen LogP contribution in [0.3, 0.4) is 0 Å². The molecule has 2 aromatic carbocycles. The first-order chi connectivity index (χ1) is 20.2. The molecule has 2 N–H and O–H groups in total. The SMILES string of the molecule is CCOC(=O)c1c(NC(=O)CSc2nnc(CNC(=O)c3ccc(C)c(C)c3)n2-c2ccc(F)cc2)sc2c1CCC2. The average molecular weight is 608 g/mol. The van der Waals surface area contributed by atoms with Crippen molar-refractivity contribution >= 4 is 45.9 Å². The number of carbonyl (C=O) groups excluding carboxylic acids is 3. The van der Waals surface area contributed by atoms with Crippen LogP contribution in [0, 0.1) is 19.7 Å². The lowest BCUT2D eigenvalue weighted by atomic mass is 10.1. The Morgan fingerprint density at radius 3 is 2.60 bits per heavy atom. The number of benzene rings is 2. The summed E-state index contributed by atoms with van der Waals surface area (Å²) < 4.78 is 20.6. The van der Waals surface area contributed by atoms with Crippen molar-refractivity contribution in [2.75, 3.05) is 17.7 Å². The number of aromatic nitrogens is 3. The highest BCUT2D eigenvalue weighted by atomic mass is 32.2. The molecule has 2 heterocycles. The first-order valence-electron chi connectivity index (χ1n) is 13.5. The largest absolute Gasteiger partial charge is 0.462 e. The van der Waals surface area contributed by atoms with Crippen LogP contribution in [0.4, 0.5) is 9.39 Å². The highest BCUT2D eigenvalue weighted by Gasteiger charge is 2.28. The molecule has 9 nitrogen and oxygen atoms in total. The molecule has 0 atom stereocenters. The fourth-order valence-corrected chi connectivity index (χ4v) is 6.77. The zero-order valence-electron chi connectivity index (χ0n) is 23.5. The third-order valence-electron chi connectivity index (χ3n) is 6.95. The van der Waals surface area contributed by atoms with Crippen molar-refractivity contribution in [3.8, 4) is 5.69 Å². The van der Waals surface area contributed by atoms with Crippen molar-refractivity contribution < 1.29 is 23.5 Å². The monoisotopic (exact) mass is 607 g/mol. The van der Waals surface area contributed by atoms with E-state index in [4.69, 9.17) is 4.74 Å². The summed E-state index contributed by atoms with van der Waals surface area (Å²) in [5, 5.41) is 15.2. The van der Waals surface area contributed by atoms with Gasteiger partial charge in [0.1, 0.15) is 10.8 Å².